The van der Waals surface area contributed by atoms with Gasteiger partial charge in [0.2, 0.25) is 0 Å². The Morgan fingerprint density at radius 2 is 1.64 bits per heavy atom. The van der Waals surface area contributed by atoms with Gasteiger partial charge in [0, 0.05) is 0 Å². The highest BCUT2D eigenvalue weighted by atomic mass is 19.1. The van der Waals surface area contributed by atoms with E-state index in [9.17, 15) is 14.3 Å². The summed E-state index contributed by atoms with van der Waals surface area (Å²) in [6, 6.07) is 18.2. The maximum atomic E-state index is 13.4. The Morgan fingerprint density at radius 3 is 2.32 bits per heavy atom. The molecule has 28 heavy (non-hydrogen) atoms. The lowest BCUT2D eigenvalue weighted by molar-refractivity contribution is 0.0420. The van der Waals surface area contributed by atoms with E-state index >= 15 is 0 Å². The first-order valence-corrected chi connectivity index (χ1v) is 9.15. The van der Waals surface area contributed by atoms with Crippen molar-refractivity contribution in [3.63, 3.8) is 0 Å². The summed E-state index contributed by atoms with van der Waals surface area (Å²) in [7, 11) is 0. The molecule has 0 heterocycles. The zero-order chi connectivity index (χ0) is 20.3. The number of rotatable bonds is 4. The van der Waals surface area contributed by atoms with Gasteiger partial charge in [0.05, 0.1) is 6.04 Å². The number of carbonyl (C=O) groups excluding carboxylic acids is 1. The molecule has 0 spiro atoms. The summed E-state index contributed by atoms with van der Waals surface area (Å²) < 4.78 is 18.7. The van der Waals surface area contributed by atoms with Gasteiger partial charge < -0.3 is 15.2 Å². The van der Waals surface area contributed by atoms with Crippen molar-refractivity contribution in [1.29, 1.82) is 0 Å². The lowest BCUT2D eigenvalue weighted by Crippen LogP contribution is -2.37. The first kappa shape index (κ1) is 19.8. The average molecular weight is 381 g/mol. The third-order valence-corrected chi connectivity index (χ3v) is 4.36. The molecule has 4 nitrogen and oxygen atoms in total. The number of carbonyl (C=O) groups is 1. The third-order valence-electron chi connectivity index (χ3n) is 4.36. The van der Waals surface area contributed by atoms with Crippen LogP contribution in [0.5, 0.6) is 0 Å². The average Bonchev–Trinajstić information content (AvgIpc) is 2.64. The fraction of sp³-hybridized carbons (Fsp3) is 0.261. The van der Waals surface area contributed by atoms with Crippen molar-refractivity contribution in [2.45, 2.75) is 38.5 Å². The SMILES string of the molecule is CC(C)(C)OC(=O)NC(c1ccc(F)cc1)C(O)c1cccc2ccccc12. The molecule has 0 aliphatic heterocycles. The minimum atomic E-state index is -1.05. The molecule has 0 bridgehead atoms. The van der Waals surface area contributed by atoms with E-state index in [0.29, 0.717) is 11.1 Å². The van der Waals surface area contributed by atoms with Crippen LogP contribution in [-0.2, 0) is 4.74 Å². The van der Waals surface area contributed by atoms with Crippen LogP contribution in [0.4, 0.5) is 9.18 Å². The lowest BCUT2D eigenvalue weighted by Gasteiger charge is -2.28. The number of hydrogen-bond donors (Lipinski definition) is 2. The number of alkyl carbamates (subject to hydrolysis) is 1. The number of aliphatic hydroxyl groups is 1. The monoisotopic (exact) mass is 381 g/mol. The minimum absolute atomic E-state index is 0.389. The largest absolute Gasteiger partial charge is 0.444 e. The molecule has 0 radical (unpaired) electrons. The Hall–Kier alpha value is -2.92. The second-order valence-electron chi connectivity index (χ2n) is 7.69. The van der Waals surface area contributed by atoms with Crippen LogP contribution in [0.1, 0.15) is 44.0 Å². The zero-order valence-electron chi connectivity index (χ0n) is 16.1. The Morgan fingerprint density at radius 1 is 1.00 bits per heavy atom. The highest BCUT2D eigenvalue weighted by Crippen LogP contribution is 2.33. The standard InChI is InChI=1S/C23H24FNO3/c1-23(2,3)28-22(27)25-20(16-11-13-17(24)14-12-16)21(26)19-10-6-8-15-7-4-5-9-18(15)19/h4-14,20-21,26H,1-3H3,(H,25,27). The van der Waals surface area contributed by atoms with E-state index in [4.69, 9.17) is 4.74 Å². The van der Waals surface area contributed by atoms with Gasteiger partial charge in [0.1, 0.15) is 17.5 Å². The molecule has 0 saturated carbocycles. The van der Waals surface area contributed by atoms with Crippen molar-refractivity contribution in [1.82, 2.24) is 5.32 Å². The first-order valence-electron chi connectivity index (χ1n) is 9.15. The Bertz CT molecular complexity index is 958. The predicted molar refractivity (Wildman–Crippen MR) is 107 cm³/mol. The van der Waals surface area contributed by atoms with Gasteiger partial charge in [-0.15, -0.1) is 0 Å². The summed E-state index contributed by atoms with van der Waals surface area (Å²) in [6.45, 7) is 5.29. The van der Waals surface area contributed by atoms with Crippen LogP contribution in [0, 0.1) is 5.82 Å². The number of aliphatic hydroxyl groups excluding tert-OH is 1. The summed E-state index contributed by atoms with van der Waals surface area (Å²) in [5.41, 5.74) is 0.568. The van der Waals surface area contributed by atoms with Gasteiger partial charge in [-0.05, 0) is 54.8 Å². The first-order chi connectivity index (χ1) is 13.2. The number of ether oxygens (including phenoxy) is 1. The Balaban J connectivity index is 1.99. The van der Waals surface area contributed by atoms with Crippen molar-refractivity contribution in [2.24, 2.45) is 0 Å². The van der Waals surface area contributed by atoms with E-state index in [-0.39, 0.29) is 5.82 Å². The minimum Gasteiger partial charge on any atom is -0.444 e. The number of nitrogens with one attached hydrogen (secondary N) is 1. The molecule has 1 amide bonds. The third kappa shape index (κ3) is 4.67. The number of benzene rings is 3. The lowest BCUT2D eigenvalue weighted by atomic mass is 9.92. The van der Waals surface area contributed by atoms with Crippen LogP contribution in [0.15, 0.2) is 66.7 Å². The molecule has 0 aromatic heterocycles. The molecule has 2 atom stereocenters. The Kier molecular flexibility index (Phi) is 5.66. The molecule has 0 aliphatic carbocycles. The van der Waals surface area contributed by atoms with Crippen LogP contribution in [0.2, 0.25) is 0 Å². The number of fused-ring (bicyclic) bond motifs is 1. The molecule has 3 aromatic carbocycles. The Labute approximate surface area is 164 Å². The van der Waals surface area contributed by atoms with E-state index in [0.717, 1.165) is 10.8 Å². The van der Waals surface area contributed by atoms with Crippen molar-refractivity contribution < 1.29 is 19.0 Å². The number of hydrogen-bond acceptors (Lipinski definition) is 3. The molecule has 0 aliphatic rings. The summed E-state index contributed by atoms with van der Waals surface area (Å²) in [5.74, 6) is -0.389. The van der Waals surface area contributed by atoms with E-state index in [1.54, 1.807) is 32.9 Å². The number of halogens is 1. The second kappa shape index (κ2) is 7.98. The van der Waals surface area contributed by atoms with Gasteiger partial charge in [-0.1, -0.05) is 54.6 Å². The molecule has 2 unspecified atom stereocenters. The molecule has 0 fully saturated rings. The van der Waals surface area contributed by atoms with Crippen LogP contribution in [0.3, 0.4) is 0 Å². The molecule has 3 aromatic rings. The van der Waals surface area contributed by atoms with Gasteiger partial charge in [-0.2, -0.15) is 0 Å². The zero-order valence-corrected chi connectivity index (χ0v) is 16.1. The fourth-order valence-electron chi connectivity index (χ4n) is 3.14. The molecular formula is C23H24FNO3. The van der Waals surface area contributed by atoms with E-state index < -0.39 is 23.8 Å². The topological polar surface area (TPSA) is 58.6 Å². The smallest absolute Gasteiger partial charge is 0.408 e. The van der Waals surface area contributed by atoms with Crippen molar-refractivity contribution in [3.8, 4) is 0 Å². The highest BCUT2D eigenvalue weighted by Gasteiger charge is 2.28. The quantitative estimate of drug-likeness (QED) is 0.647. The van der Waals surface area contributed by atoms with Gasteiger partial charge in [-0.25, -0.2) is 9.18 Å². The summed E-state index contributed by atoms with van der Waals surface area (Å²) in [5, 5.41) is 15.8. The fourth-order valence-corrected chi connectivity index (χ4v) is 3.14. The maximum absolute atomic E-state index is 13.4. The maximum Gasteiger partial charge on any atom is 0.408 e. The van der Waals surface area contributed by atoms with E-state index in [1.807, 2.05) is 42.5 Å². The van der Waals surface area contributed by atoms with Gasteiger partial charge in [0.15, 0.2) is 0 Å². The molecule has 146 valence electrons. The predicted octanol–water partition coefficient (Wildman–Crippen LogP) is 5.28. The normalized spacial score (nSPS) is 13.8. The van der Waals surface area contributed by atoms with Crippen LogP contribution < -0.4 is 5.32 Å². The van der Waals surface area contributed by atoms with Crippen LogP contribution in [0.25, 0.3) is 10.8 Å². The van der Waals surface area contributed by atoms with E-state index in [2.05, 4.69) is 5.32 Å². The molecule has 0 saturated heterocycles. The summed E-state index contributed by atoms with van der Waals surface area (Å²) >= 11 is 0. The molecule has 3 rings (SSSR count). The van der Waals surface area contributed by atoms with Crippen LogP contribution in [-0.4, -0.2) is 16.8 Å². The molecular weight excluding hydrogens is 357 g/mol. The molecule has 5 heteroatoms. The van der Waals surface area contributed by atoms with Gasteiger partial charge >= 0.3 is 6.09 Å². The van der Waals surface area contributed by atoms with Crippen molar-refractivity contribution in [2.75, 3.05) is 0 Å². The van der Waals surface area contributed by atoms with Crippen LogP contribution >= 0.6 is 0 Å². The molecule has 2 N–H and O–H groups in total. The van der Waals surface area contributed by atoms with Gasteiger partial charge in [-0.3, -0.25) is 0 Å². The van der Waals surface area contributed by atoms with E-state index in [1.165, 1.54) is 12.1 Å². The second-order valence-corrected chi connectivity index (χ2v) is 7.69. The van der Waals surface area contributed by atoms with Crippen molar-refractivity contribution >= 4 is 16.9 Å². The summed E-state index contributed by atoms with van der Waals surface area (Å²) in [4.78, 5) is 12.4. The van der Waals surface area contributed by atoms with Gasteiger partial charge in [0.25, 0.3) is 0 Å². The highest BCUT2D eigenvalue weighted by molar-refractivity contribution is 5.86. The number of amides is 1. The van der Waals surface area contributed by atoms with Crippen molar-refractivity contribution in [3.05, 3.63) is 83.7 Å². The summed E-state index contributed by atoms with van der Waals surface area (Å²) in [6.07, 6.45) is -1.70.